The molecule has 0 aliphatic rings. The maximum atomic E-state index is 11.7. The molecule has 3 aromatic rings. The molecule has 7 heteroatoms. The summed E-state index contributed by atoms with van der Waals surface area (Å²) in [6, 6.07) is 7.43. The number of carbonyl (C=O) groups is 2. The molecule has 0 spiro atoms. The van der Waals surface area contributed by atoms with Crippen LogP contribution in [0.15, 0.2) is 43.0 Å². The van der Waals surface area contributed by atoms with Crippen LogP contribution in [0.3, 0.4) is 0 Å². The molecule has 0 fully saturated rings. The van der Waals surface area contributed by atoms with Gasteiger partial charge in [0.2, 0.25) is 5.91 Å². The molecule has 0 saturated carbocycles. The molecular formula is C17H21N5O2. The quantitative estimate of drug-likeness (QED) is 0.722. The Bertz CT molecular complexity index is 819. The standard InChI is InChI=1S/C10H11N3O.C7H10N2O/c1-7(2)10(14)13-9-6-4-3-5-8(9)11-12-13;1-6(2)7(10)9-4-3-8-5-9/h3-7H,1-2H3;3-6H,1-2H3. The van der Waals surface area contributed by atoms with Crippen LogP contribution < -0.4 is 0 Å². The second-order valence-corrected chi connectivity index (χ2v) is 5.95. The Labute approximate surface area is 140 Å². The Morgan fingerprint density at radius 1 is 1.00 bits per heavy atom. The summed E-state index contributed by atoms with van der Waals surface area (Å²) < 4.78 is 2.85. The van der Waals surface area contributed by atoms with Gasteiger partial charge in [-0.2, -0.15) is 4.68 Å². The Kier molecular flexibility index (Phi) is 5.57. The molecular weight excluding hydrogens is 306 g/mol. The highest BCUT2D eigenvalue weighted by Crippen LogP contribution is 2.11. The Hall–Kier alpha value is -2.83. The summed E-state index contributed by atoms with van der Waals surface area (Å²) in [5, 5.41) is 7.75. The van der Waals surface area contributed by atoms with Gasteiger partial charge in [-0.3, -0.25) is 14.2 Å². The van der Waals surface area contributed by atoms with E-state index in [2.05, 4.69) is 15.3 Å². The highest BCUT2D eigenvalue weighted by molar-refractivity contribution is 5.89. The van der Waals surface area contributed by atoms with Gasteiger partial charge in [0, 0.05) is 24.2 Å². The third kappa shape index (κ3) is 3.92. The Morgan fingerprint density at radius 3 is 2.25 bits per heavy atom. The van der Waals surface area contributed by atoms with Crippen LogP contribution in [-0.2, 0) is 0 Å². The van der Waals surface area contributed by atoms with E-state index in [1.807, 2.05) is 52.0 Å². The zero-order valence-electron chi connectivity index (χ0n) is 14.2. The topological polar surface area (TPSA) is 82.7 Å². The highest BCUT2D eigenvalue weighted by atomic mass is 16.2. The summed E-state index contributed by atoms with van der Waals surface area (Å²) in [6.07, 6.45) is 4.77. The minimum atomic E-state index is -0.0693. The normalized spacial score (nSPS) is 10.8. The van der Waals surface area contributed by atoms with Crippen molar-refractivity contribution in [3.8, 4) is 0 Å². The lowest BCUT2D eigenvalue weighted by atomic mass is 10.2. The summed E-state index contributed by atoms with van der Waals surface area (Å²) in [7, 11) is 0. The van der Waals surface area contributed by atoms with Crippen molar-refractivity contribution in [2.45, 2.75) is 27.7 Å². The number of benzene rings is 1. The van der Waals surface area contributed by atoms with Gasteiger partial charge >= 0.3 is 0 Å². The maximum Gasteiger partial charge on any atom is 0.251 e. The molecule has 126 valence electrons. The Balaban J connectivity index is 0.000000185. The second kappa shape index (κ2) is 7.63. The van der Waals surface area contributed by atoms with E-state index in [9.17, 15) is 9.59 Å². The molecule has 0 amide bonds. The van der Waals surface area contributed by atoms with Gasteiger partial charge in [-0.15, -0.1) is 5.10 Å². The molecule has 0 aliphatic carbocycles. The van der Waals surface area contributed by atoms with Crippen LogP contribution in [0.4, 0.5) is 0 Å². The van der Waals surface area contributed by atoms with E-state index in [4.69, 9.17) is 0 Å². The fourth-order valence-electron chi connectivity index (χ4n) is 1.96. The van der Waals surface area contributed by atoms with Gasteiger partial charge in [0.25, 0.3) is 5.91 Å². The highest BCUT2D eigenvalue weighted by Gasteiger charge is 2.14. The van der Waals surface area contributed by atoms with E-state index in [1.54, 1.807) is 12.4 Å². The third-order valence-electron chi connectivity index (χ3n) is 3.31. The largest absolute Gasteiger partial charge is 0.276 e. The summed E-state index contributed by atoms with van der Waals surface area (Å²) >= 11 is 0. The number of imidazole rings is 1. The molecule has 0 radical (unpaired) electrons. The Morgan fingerprint density at radius 2 is 1.67 bits per heavy atom. The number of hydrogen-bond donors (Lipinski definition) is 0. The van der Waals surface area contributed by atoms with Crippen LogP contribution in [0.1, 0.15) is 37.3 Å². The minimum absolute atomic E-state index is 0.0290. The number of rotatable bonds is 2. The molecule has 1 aromatic carbocycles. The van der Waals surface area contributed by atoms with E-state index in [0.29, 0.717) is 0 Å². The van der Waals surface area contributed by atoms with Gasteiger partial charge in [0.05, 0.1) is 5.52 Å². The smallest absolute Gasteiger partial charge is 0.251 e. The lowest BCUT2D eigenvalue weighted by molar-refractivity contribution is 0.0838. The van der Waals surface area contributed by atoms with Crippen molar-refractivity contribution >= 4 is 22.8 Å². The third-order valence-corrected chi connectivity index (χ3v) is 3.31. The molecule has 7 nitrogen and oxygen atoms in total. The monoisotopic (exact) mass is 327 g/mol. The zero-order valence-corrected chi connectivity index (χ0v) is 14.2. The molecule has 2 aromatic heterocycles. The van der Waals surface area contributed by atoms with Gasteiger partial charge in [-0.05, 0) is 12.1 Å². The zero-order chi connectivity index (χ0) is 17.7. The molecule has 2 heterocycles. The van der Waals surface area contributed by atoms with E-state index in [-0.39, 0.29) is 23.7 Å². The lowest BCUT2D eigenvalue weighted by Gasteiger charge is -2.02. The van der Waals surface area contributed by atoms with Crippen molar-refractivity contribution in [2.75, 3.05) is 0 Å². The number of para-hydroxylation sites is 1. The number of carbonyl (C=O) groups excluding carboxylic acids is 2. The number of aromatic nitrogens is 5. The van der Waals surface area contributed by atoms with Gasteiger partial charge in [0.15, 0.2) is 0 Å². The molecule has 0 bridgehead atoms. The maximum absolute atomic E-state index is 11.7. The van der Waals surface area contributed by atoms with Gasteiger partial charge in [-0.1, -0.05) is 45.0 Å². The first-order valence-electron chi connectivity index (χ1n) is 7.78. The first kappa shape index (κ1) is 17.5. The van der Waals surface area contributed by atoms with Gasteiger partial charge in [-0.25, -0.2) is 4.98 Å². The number of nitrogens with zero attached hydrogens (tertiary/aromatic N) is 5. The second-order valence-electron chi connectivity index (χ2n) is 5.95. The fraction of sp³-hybridized carbons (Fsp3) is 0.353. The minimum Gasteiger partial charge on any atom is -0.276 e. The van der Waals surface area contributed by atoms with E-state index in [0.717, 1.165) is 11.0 Å². The average molecular weight is 327 g/mol. The van der Waals surface area contributed by atoms with Crippen LogP contribution >= 0.6 is 0 Å². The van der Waals surface area contributed by atoms with Crippen molar-refractivity contribution < 1.29 is 9.59 Å². The first-order valence-corrected chi connectivity index (χ1v) is 7.78. The first-order chi connectivity index (χ1) is 11.4. The van der Waals surface area contributed by atoms with Gasteiger partial charge < -0.3 is 0 Å². The fourth-order valence-corrected chi connectivity index (χ4v) is 1.96. The van der Waals surface area contributed by atoms with Crippen molar-refractivity contribution in [1.29, 1.82) is 0 Å². The molecule has 3 rings (SSSR count). The van der Waals surface area contributed by atoms with E-state index < -0.39 is 0 Å². The summed E-state index contributed by atoms with van der Waals surface area (Å²) in [5.74, 6) is 0.0190. The van der Waals surface area contributed by atoms with Crippen molar-refractivity contribution in [3.05, 3.63) is 43.0 Å². The number of fused-ring (bicyclic) bond motifs is 1. The van der Waals surface area contributed by atoms with Crippen molar-refractivity contribution in [3.63, 3.8) is 0 Å². The molecule has 0 N–H and O–H groups in total. The number of hydrogen-bond acceptors (Lipinski definition) is 5. The van der Waals surface area contributed by atoms with Gasteiger partial charge in [0.1, 0.15) is 11.8 Å². The summed E-state index contributed by atoms with van der Waals surface area (Å²) in [4.78, 5) is 26.6. The van der Waals surface area contributed by atoms with E-state index >= 15 is 0 Å². The van der Waals surface area contributed by atoms with Crippen LogP contribution in [0.2, 0.25) is 0 Å². The van der Waals surface area contributed by atoms with Crippen LogP contribution in [0.25, 0.3) is 11.0 Å². The average Bonchev–Trinajstić information content (AvgIpc) is 3.23. The SMILES string of the molecule is CC(C)C(=O)n1ccnc1.CC(C)C(=O)n1nnc2ccccc21. The molecule has 0 saturated heterocycles. The van der Waals surface area contributed by atoms with Crippen molar-refractivity contribution in [2.24, 2.45) is 11.8 Å². The van der Waals surface area contributed by atoms with Crippen LogP contribution in [0.5, 0.6) is 0 Å². The lowest BCUT2D eigenvalue weighted by Crippen LogP contribution is -2.18. The molecule has 0 atom stereocenters. The van der Waals surface area contributed by atoms with Crippen LogP contribution in [-0.4, -0.2) is 36.4 Å². The predicted molar refractivity (Wildman–Crippen MR) is 90.7 cm³/mol. The molecule has 0 unspecified atom stereocenters. The summed E-state index contributed by atoms with van der Waals surface area (Å²) in [6.45, 7) is 7.42. The van der Waals surface area contributed by atoms with E-state index in [1.165, 1.54) is 15.6 Å². The molecule has 24 heavy (non-hydrogen) atoms. The van der Waals surface area contributed by atoms with Crippen molar-refractivity contribution in [1.82, 2.24) is 24.5 Å². The molecule has 0 aliphatic heterocycles. The van der Waals surface area contributed by atoms with Crippen LogP contribution in [0, 0.1) is 11.8 Å². The summed E-state index contributed by atoms with van der Waals surface area (Å²) in [5.41, 5.74) is 1.52. The predicted octanol–water partition coefficient (Wildman–Crippen LogP) is 2.91.